The van der Waals surface area contributed by atoms with Gasteiger partial charge in [-0.15, -0.1) is 0 Å². The van der Waals surface area contributed by atoms with E-state index in [9.17, 15) is 93.0 Å². The summed E-state index contributed by atoms with van der Waals surface area (Å²) in [6, 6.07) is 17.7. The Bertz CT molecular complexity index is 3610. The number of hydrogen-bond acceptors (Lipinski definition) is 18. The zero-order chi connectivity index (χ0) is 70.2. The lowest BCUT2D eigenvalue weighted by Gasteiger charge is -2.27. The minimum Gasteiger partial charge on any atom is -0.508 e. The van der Waals surface area contributed by atoms with Crippen LogP contribution in [0.2, 0.25) is 0 Å². The lowest BCUT2D eigenvalue weighted by molar-refractivity contribution is -0.159. The Kier molecular flexibility index (Phi) is 27.1. The first-order valence-electron chi connectivity index (χ1n) is 30.2. The maximum Gasteiger partial charge on any atom is 0.396 e. The summed E-state index contributed by atoms with van der Waals surface area (Å²) in [6.07, 6.45) is -2.91. The molecule has 5 aromatic carbocycles. The van der Waals surface area contributed by atoms with E-state index in [1.807, 2.05) is 0 Å². The number of carboxylic acids is 3. The molecule has 0 aliphatic carbocycles. The number of carbonyl (C=O) groups excluding carboxylic acids is 10. The minimum absolute atomic E-state index is 0.0177. The molecular formula is C66H75N9O21. The molecule has 1 fully saturated rings. The average molecular weight is 1330 g/mol. The third-order valence-electron chi connectivity index (χ3n) is 15.0. The van der Waals surface area contributed by atoms with Crippen molar-refractivity contribution in [2.45, 2.75) is 120 Å². The van der Waals surface area contributed by atoms with Crippen molar-refractivity contribution in [3.8, 4) is 23.0 Å². The van der Waals surface area contributed by atoms with Crippen LogP contribution in [-0.2, 0) is 92.7 Å². The van der Waals surface area contributed by atoms with Crippen LogP contribution in [0, 0.1) is 5.92 Å². The Morgan fingerprint density at radius 1 is 0.479 bits per heavy atom. The lowest BCUT2D eigenvalue weighted by atomic mass is 10.0. The molecule has 9 amide bonds. The molecule has 0 unspecified atom stereocenters. The standard InChI is InChI=1S/C66H75N9O21/c1-36(2)28-45(57(84)71-50(34-56(82)83)62(89)70-47(31-39-17-23-42(77)24-18-39)60(87)74-51(65(92)93)32-40-19-25-43(78)26-20-40)69-61(88)49(33-55(80)81)72-58(85)46(30-38-15-21-41(76)22-16-38)67-54(79)35-96-53-14-8-7-12-44(53)68-59(86)48(29-37-10-5-4-6-11-37)73-63(90)52-13-9-27-75(52)64(91)66(94)95-3/h4-8,10-12,14-26,36,45-52,76-78H,9,13,27-35H2,1-3H3,(H,67,79)(H,68,86)(H,69,88)(H,70,89)(H,71,84)(H,72,85)(H,73,90)(H,74,87)(H,80,81)(H,82,83)(H,92,93)/t45-,46-,47-,48+,49-,50-,51-,52-/m0/s1. The Hall–Kier alpha value is -11.6. The van der Waals surface area contributed by atoms with Gasteiger partial charge in [0.1, 0.15) is 71.3 Å². The van der Waals surface area contributed by atoms with Crippen molar-refractivity contribution in [1.29, 1.82) is 0 Å². The maximum absolute atomic E-state index is 14.4. The molecule has 1 aliphatic heterocycles. The van der Waals surface area contributed by atoms with E-state index in [0.717, 1.165) is 12.0 Å². The Balaban J connectivity index is 1.17. The quantitative estimate of drug-likeness (QED) is 0.0203. The number of carbonyl (C=O) groups is 13. The Morgan fingerprint density at radius 2 is 0.885 bits per heavy atom. The fourth-order valence-electron chi connectivity index (χ4n) is 10.2. The number of nitrogens with one attached hydrogen (secondary N) is 8. The second-order valence-electron chi connectivity index (χ2n) is 22.9. The van der Waals surface area contributed by atoms with Gasteiger partial charge in [0, 0.05) is 32.2 Å². The second kappa shape index (κ2) is 35.4. The highest BCUT2D eigenvalue weighted by molar-refractivity contribution is 6.32. The van der Waals surface area contributed by atoms with Crippen molar-refractivity contribution in [3.63, 3.8) is 0 Å². The van der Waals surface area contributed by atoms with E-state index in [0.29, 0.717) is 28.7 Å². The Labute approximate surface area is 549 Å². The number of aromatic hydroxyl groups is 3. The molecule has 6 rings (SSSR count). The van der Waals surface area contributed by atoms with Crippen LogP contribution in [0.5, 0.6) is 23.0 Å². The SMILES string of the molecule is COC(=O)C(=O)N1CCC[C@H]1C(=O)N[C@H](Cc1ccccc1)C(=O)Nc1ccccc1OCC(=O)N[C@@H](Cc1ccc(O)cc1)C(=O)N[C@@H](CC(=O)O)C(=O)N[C@@H](CC(C)C)C(=O)N[C@@H](CC(=O)O)C(=O)N[C@@H](Cc1ccc(O)cc1)C(=O)N[C@@H](Cc1ccc(O)cc1)C(=O)O. The third kappa shape index (κ3) is 22.9. The van der Waals surface area contributed by atoms with Crippen LogP contribution in [0.15, 0.2) is 127 Å². The summed E-state index contributed by atoms with van der Waals surface area (Å²) >= 11 is 0. The van der Waals surface area contributed by atoms with Crippen LogP contribution in [0.1, 0.15) is 68.2 Å². The van der Waals surface area contributed by atoms with Crippen molar-refractivity contribution in [2.24, 2.45) is 5.92 Å². The lowest BCUT2D eigenvalue weighted by Crippen LogP contribution is -2.60. The fraction of sp³-hybridized carbons (Fsp3) is 0.348. The van der Waals surface area contributed by atoms with Gasteiger partial charge in [-0.1, -0.05) is 92.7 Å². The first-order chi connectivity index (χ1) is 45.7. The predicted molar refractivity (Wildman–Crippen MR) is 338 cm³/mol. The van der Waals surface area contributed by atoms with Gasteiger partial charge in [-0.2, -0.15) is 0 Å². The number of phenols is 3. The Morgan fingerprint density at radius 3 is 1.36 bits per heavy atom. The zero-order valence-corrected chi connectivity index (χ0v) is 52.4. The minimum atomic E-state index is -2.00. The molecule has 30 nitrogen and oxygen atoms in total. The monoisotopic (exact) mass is 1330 g/mol. The molecule has 14 N–H and O–H groups in total. The van der Waals surface area contributed by atoms with Crippen LogP contribution >= 0.6 is 0 Å². The molecule has 0 aromatic heterocycles. The van der Waals surface area contributed by atoms with Crippen LogP contribution in [0.3, 0.4) is 0 Å². The number of para-hydroxylation sites is 2. The number of likely N-dealkylation sites (tertiary alicyclic amines) is 1. The summed E-state index contributed by atoms with van der Waals surface area (Å²) in [7, 11) is 1.03. The molecule has 510 valence electrons. The molecule has 8 atom stereocenters. The average Bonchev–Trinajstić information content (AvgIpc) is 1.56. The normalized spacial score (nSPS) is 14.7. The smallest absolute Gasteiger partial charge is 0.396 e. The molecule has 5 aromatic rings. The molecule has 0 bridgehead atoms. The van der Waals surface area contributed by atoms with Crippen LogP contribution in [0.4, 0.5) is 5.69 Å². The van der Waals surface area contributed by atoms with E-state index in [1.165, 1.54) is 97.1 Å². The number of rotatable bonds is 33. The van der Waals surface area contributed by atoms with Gasteiger partial charge in [-0.05, 0) is 96.0 Å². The topological polar surface area (TPSA) is 461 Å². The third-order valence-corrected chi connectivity index (χ3v) is 15.0. The van der Waals surface area contributed by atoms with Gasteiger partial charge in [-0.3, -0.25) is 52.7 Å². The highest BCUT2D eigenvalue weighted by Gasteiger charge is 2.40. The largest absolute Gasteiger partial charge is 0.508 e. The van der Waals surface area contributed by atoms with E-state index in [4.69, 9.17) is 4.74 Å². The van der Waals surface area contributed by atoms with Gasteiger partial charge in [0.05, 0.1) is 25.6 Å². The number of amides is 9. The molecule has 1 saturated heterocycles. The molecule has 0 saturated carbocycles. The van der Waals surface area contributed by atoms with Crippen LogP contribution in [-0.4, -0.2) is 181 Å². The number of esters is 1. The number of hydrogen-bond donors (Lipinski definition) is 14. The van der Waals surface area contributed by atoms with Crippen LogP contribution < -0.4 is 47.3 Å². The van der Waals surface area contributed by atoms with Crippen molar-refractivity contribution < 1.29 is 102 Å². The van der Waals surface area contributed by atoms with E-state index in [-0.39, 0.29) is 73.8 Å². The molecule has 1 aliphatic rings. The van der Waals surface area contributed by atoms with Crippen molar-refractivity contribution in [3.05, 3.63) is 150 Å². The van der Waals surface area contributed by atoms with Gasteiger partial charge in [0.25, 0.3) is 5.91 Å². The number of benzene rings is 5. The molecule has 0 radical (unpaired) electrons. The van der Waals surface area contributed by atoms with Crippen molar-refractivity contribution in [2.75, 3.05) is 25.6 Å². The van der Waals surface area contributed by atoms with Gasteiger partial charge < -0.3 is 87.5 Å². The number of carboxylic acid groups (broad SMARTS) is 3. The fourth-order valence-corrected chi connectivity index (χ4v) is 10.2. The van der Waals surface area contributed by atoms with Gasteiger partial charge >= 0.3 is 29.8 Å². The van der Waals surface area contributed by atoms with Crippen LogP contribution in [0.25, 0.3) is 0 Å². The summed E-state index contributed by atoms with van der Waals surface area (Å²) < 4.78 is 10.4. The molecular weight excluding hydrogens is 1250 g/mol. The first-order valence-corrected chi connectivity index (χ1v) is 30.2. The predicted octanol–water partition coefficient (Wildman–Crippen LogP) is 0.729. The summed E-state index contributed by atoms with van der Waals surface area (Å²) in [6.45, 7) is 2.49. The highest BCUT2D eigenvalue weighted by Crippen LogP contribution is 2.25. The summed E-state index contributed by atoms with van der Waals surface area (Å²) in [4.78, 5) is 176. The zero-order valence-electron chi connectivity index (χ0n) is 52.4. The van der Waals surface area contributed by atoms with E-state index < -0.39 is 151 Å². The number of phenolic OH excluding ortho intramolecular Hbond substituents is 3. The second-order valence-corrected chi connectivity index (χ2v) is 22.9. The highest BCUT2D eigenvalue weighted by atomic mass is 16.5. The molecule has 96 heavy (non-hydrogen) atoms. The summed E-state index contributed by atoms with van der Waals surface area (Å²) in [5.41, 5.74) is 1.72. The van der Waals surface area contributed by atoms with Crippen molar-refractivity contribution >= 4 is 82.7 Å². The number of anilines is 1. The summed E-state index contributed by atoms with van der Waals surface area (Å²) in [5, 5.41) is 79.3. The molecule has 30 heteroatoms. The van der Waals surface area contributed by atoms with E-state index in [2.05, 4.69) is 47.3 Å². The van der Waals surface area contributed by atoms with Gasteiger partial charge in [-0.25, -0.2) is 9.59 Å². The first kappa shape index (κ1) is 73.5. The molecule has 1 heterocycles. The number of aliphatic carboxylic acids is 3. The maximum atomic E-state index is 14.4. The summed E-state index contributed by atoms with van der Waals surface area (Å²) in [5.74, 6) is -16.2. The van der Waals surface area contributed by atoms with E-state index >= 15 is 0 Å². The molecule has 0 spiro atoms. The van der Waals surface area contributed by atoms with Gasteiger partial charge in [0.15, 0.2) is 6.61 Å². The van der Waals surface area contributed by atoms with Gasteiger partial charge in [0.2, 0.25) is 41.4 Å². The van der Waals surface area contributed by atoms with Crippen molar-refractivity contribution in [1.82, 2.24) is 42.1 Å². The number of nitrogens with zero attached hydrogens (tertiary/aromatic N) is 1. The number of ether oxygens (including phenoxy) is 2. The van der Waals surface area contributed by atoms with E-state index in [1.54, 1.807) is 44.2 Å². The number of methoxy groups -OCH3 is 1.